The standard InChI is InChI=1S/C30H24Cl2F3N5O10/c1-36(2)23-18(39(46)47)8-12(9-19(23)40(48)49)38-24(42)15-6-5-14-17(21(15)25(38)43)11-28(31)26(44)37(3)27(45)29(28,32)22(14)16-10-13(4-7-20(16)41)50-30(33,34)35/h4-5,7-10,15,17,21-22,41H,6,11H2,1-3H3. The SMILES string of the molecule is CN1C(=O)C2(Cl)CC3C(=CCC4C(=O)N(c5cc([N+](=O)[O-])c(N(C)C)c([N+](=O)[O-])c5)C(=O)C43)C(c3cc(OC(F)(F)F)ccc3O)C2(Cl)C1=O. The minimum Gasteiger partial charge on any atom is -0.508 e. The molecule has 2 saturated heterocycles. The van der Waals surface area contributed by atoms with Crippen molar-refractivity contribution in [2.24, 2.45) is 17.8 Å². The van der Waals surface area contributed by atoms with Gasteiger partial charge in [-0.05, 0) is 37.0 Å². The van der Waals surface area contributed by atoms with Crippen LogP contribution in [0.3, 0.4) is 0 Å². The molecule has 20 heteroatoms. The molecule has 2 aliphatic heterocycles. The molecule has 1 N–H and O–H groups in total. The van der Waals surface area contributed by atoms with Gasteiger partial charge in [-0.1, -0.05) is 11.6 Å². The van der Waals surface area contributed by atoms with E-state index in [2.05, 4.69) is 4.74 Å². The average Bonchev–Trinajstić information content (AvgIpc) is 3.35. The number of fused-ring (bicyclic) bond motifs is 4. The Morgan fingerprint density at radius 1 is 0.980 bits per heavy atom. The summed E-state index contributed by atoms with van der Waals surface area (Å²) >= 11 is 14.0. The summed E-state index contributed by atoms with van der Waals surface area (Å²) in [5, 5.41) is 35.0. The van der Waals surface area contributed by atoms with E-state index < -0.39 is 119 Å². The molecule has 3 fully saturated rings. The fraction of sp³-hybridized carbons (Fsp3) is 0.400. The fourth-order valence-corrected chi connectivity index (χ4v) is 8.77. The smallest absolute Gasteiger partial charge is 0.508 e. The molecule has 264 valence electrons. The van der Waals surface area contributed by atoms with Crippen LogP contribution in [0.4, 0.5) is 35.9 Å². The van der Waals surface area contributed by atoms with Gasteiger partial charge in [-0.25, -0.2) is 4.90 Å². The van der Waals surface area contributed by atoms with Gasteiger partial charge in [-0.3, -0.25) is 44.3 Å². The maximum atomic E-state index is 14.3. The van der Waals surface area contributed by atoms with Gasteiger partial charge in [0, 0.05) is 44.8 Å². The molecule has 15 nitrogen and oxygen atoms in total. The number of aromatic hydroxyl groups is 1. The number of amides is 4. The van der Waals surface area contributed by atoms with E-state index in [1.807, 2.05) is 0 Å². The van der Waals surface area contributed by atoms with E-state index in [-0.39, 0.29) is 12.0 Å². The topological polar surface area (TPSA) is 194 Å². The number of nitrogens with zero attached hydrogens (tertiary/aromatic N) is 5. The van der Waals surface area contributed by atoms with Crippen LogP contribution in [0.25, 0.3) is 0 Å². The Bertz CT molecular complexity index is 1940. The third kappa shape index (κ3) is 4.79. The molecule has 2 aromatic carbocycles. The highest BCUT2D eigenvalue weighted by Crippen LogP contribution is 2.66. The predicted octanol–water partition coefficient (Wildman–Crippen LogP) is 4.37. The minimum atomic E-state index is -5.16. The lowest BCUT2D eigenvalue weighted by molar-refractivity contribution is -0.392. The van der Waals surface area contributed by atoms with Crippen LogP contribution in [0, 0.1) is 38.0 Å². The van der Waals surface area contributed by atoms with Gasteiger partial charge >= 0.3 is 17.7 Å². The van der Waals surface area contributed by atoms with Crippen LogP contribution in [0.1, 0.15) is 24.3 Å². The first-order valence-electron chi connectivity index (χ1n) is 14.7. The fourth-order valence-electron chi connectivity index (χ4n) is 7.76. The van der Waals surface area contributed by atoms with Crippen LogP contribution in [0.15, 0.2) is 42.0 Å². The van der Waals surface area contributed by atoms with E-state index in [4.69, 9.17) is 23.2 Å². The number of hydrogen-bond acceptors (Lipinski definition) is 11. The van der Waals surface area contributed by atoms with Gasteiger partial charge in [0.25, 0.3) is 11.8 Å². The van der Waals surface area contributed by atoms with Crippen molar-refractivity contribution in [3.63, 3.8) is 0 Å². The number of anilines is 2. The second-order valence-electron chi connectivity index (χ2n) is 12.5. The number of alkyl halides is 5. The normalized spacial score (nSPS) is 29.0. The highest BCUT2D eigenvalue weighted by molar-refractivity contribution is 6.53. The number of ether oxygens (including phenoxy) is 1. The molecule has 6 rings (SSSR count). The Morgan fingerprint density at radius 3 is 2.12 bits per heavy atom. The number of nitro benzene ring substituents is 2. The molecule has 2 aromatic rings. The molecule has 2 heterocycles. The summed E-state index contributed by atoms with van der Waals surface area (Å²) in [4.78, 5) is 75.3. The Balaban J connectivity index is 1.52. The number of benzene rings is 2. The molecule has 0 radical (unpaired) electrons. The van der Waals surface area contributed by atoms with Gasteiger partial charge in [-0.2, -0.15) is 0 Å². The zero-order valence-electron chi connectivity index (χ0n) is 25.9. The summed E-state index contributed by atoms with van der Waals surface area (Å²) in [6.45, 7) is 0. The zero-order chi connectivity index (χ0) is 37.0. The summed E-state index contributed by atoms with van der Waals surface area (Å²) < 4.78 is 43.6. The molecule has 0 spiro atoms. The van der Waals surface area contributed by atoms with Gasteiger partial charge in [-0.15, -0.1) is 36.4 Å². The second kappa shape index (κ2) is 11.3. The Labute approximate surface area is 289 Å². The molecule has 0 aromatic heterocycles. The minimum absolute atomic E-state index is 0.108. The van der Waals surface area contributed by atoms with Crippen LogP contribution in [0.2, 0.25) is 0 Å². The van der Waals surface area contributed by atoms with Crippen molar-refractivity contribution in [3.8, 4) is 11.5 Å². The number of nitro groups is 2. The summed E-state index contributed by atoms with van der Waals surface area (Å²) in [6.07, 6.45) is -4.49. The maximum Gasteiger partial charge on any atom is 0.573 e. The summed E-state index contributed by atoms with van der Waals surface area (Å²) in [5.74, 6) is -10.8. The number of halogens is 5. The van der Waals surface area contributed by atoms with Crippen molar-refractivity contribution in [2.75, 3.05) is 30.9 Å². The highest BCUT2D eigenvalue weighted by atomic mass is 35.5. The van der Waals surface area contributed by atoms with Crippen LogP contribution in [-0.2, 0) is 19.2 Å². The number of carbonyl (C=O) groups is 4. The first kappa shape index (κ1) is 34.9. The van der Waals surface area contributed by atoms with E-state index in [0.717, 1.165) is 42.3 Å². The van der Waals surface area contributed by atoms with Gasteiger partial charge in [0.2, 0.25) is 11.8 Å². The Kier molecular flexibility index (Phi) is 7.87. The Hall–Kier alpha value is -4.97. The third-order valence-corrected chi connectivity index (χ3v) is 11.1. The van der Waals surface area contributed by atoms with E-state index in [1.54, 1.807) is 0 Å². The number of imide groups is 2. The van der Waals surface area contributed by atoms with Crippen molar-refractivity contribution in [1.29, 1.82) is 0 Å². The molecule has 6 unspecified atom stereocenters. The number of hydrogen-bond donors (Lipinski definition) is 1. The zero-order valence-corrected chi connectivity index (χ0v) is 27.4. The van der Waals surface area contributed by atoms with Crippen LogP contribution in [-0.4, -0.2) is 80.7 Å². The van der Waals surface area contributed by atoms with Gasteiger partial charge in [0.1, 0.15) is 11.5 Å². The molecule has 2 aliphatic carbocycles. The van der Waals surface area contributed by atoms with Crippen LogP contribution in [0.5, 0.6) is 11.5 Å². The van der Waals surface area contributed by atoms with Crippen LogP contribution < -0.4 is 14.5 Å². The number of likely N-dealkylation sites (tertiary alicyclic amines) is 1. The summed E-state index contributed by atoms with van der Waals surface area (Å²) in [6, 6.07) is 4.13. The van der Waals surface area contributed by atoms with E-state index >= 15 is 0 Å². The van der Waals surface area contributed by atoms with Gasteiger partial charge in [0.05, 0.1) is 27.4 Å². The average molecular weight is 742 g/mol. The molecule has 50 heavy (non-hydrogen) atoms. The number of phenolic OH excluding ortho intramolecular Hbond substituents is 1. The summed E-state index contributed by atoms with van der Waals surface area (Å²) in [7, 11) is 3.74. The van der Waals surface area contributed by atoms with Crippen molar-refractivity contribution in [2.45, 2.75) is 34.9 Å². The molecular formula is C30H24Cl2F3N5O10. The third-order valence-electron chi connectivity index (χ3n) is 9.71. The van der Waals surface area contributed by atoms with Crippen molar-refractivity contribution >= 4 is 69.6 Å². The molecule has 1 saturated carbocycles. The monoisotopic (exact) mass is 741 g/mol. The van der Waals surface area contributed by atoms with Gasteiger partial charge < -0.3 is 14.7 Å². The highest BCUT2D eigenvalue weighted by Gasteiger charge is 2.76. The van der Waals surface area contributed by atoms with Crippen LogP contribution >= 0.6 is 23.2 Å². The van der Waals surface area contributed by atoms with E-state index in [1.165, 1.54) is 20.2 Å². The second-order valence-corrected chi connectivity index (χ2v) is 13.8. The van der Waals surface area contributed by atoms with Crippen molar-refractivity contribution in [3.05, 3.63) is 67.8 Å². The molecule has 4 aliphatic rings. The molecule has 6 atom stereocenters. The number of allylic oxidation sites excluding steroid dienone is 2. The predicted molar refractivity (Wildman–Crippen MR) is 167 cm³/mol. The first-order chi connectivity index (χ1) is 23.2. The largest absolute Gasteiger partial charge is 0.573 e. The van der Waals surface area contributed by atoms with Gasteiger partial charge in [0.15, 0.2) is 15.4 Å². The quantitative estimate of drug-likeness (QED) is 0.145. The number of carbonyl (C=O) groups excluding carboxylic acids is 4. The first-order valence-corrected chi connectivity index (χ1v) is 15.4. The Morgan fingerprint density at radius 2 is 1.58 bits per heavy atom. The number of phenols is 1. The number of rotatable bonds is 6. The maximum absolute atomic E-state index is 14.3. The van der Waals surface area contributed by atoms with Crippen molar-refractivity contribution in [1.82, 2.24) is 4.90 Å². The van der Waals surface area contributed by atoms with Crippen molar-refractivity contribution < 1.29 is 52.0 Å². The molecule has 4 amide bonds. The lowest BCUT2D eigenvalue weighted by atomic mass is 9.56. The lowest BCUT2D eigenvalue weighted by Crippen LogP contribution is -2.60. The van der Waals surface area contributed by atoms with E-state index in [0.29, 0.717) is 9.80 Å². The molecular weight excluding hydrogens is 718 g/mol. The summed E-state index contributed by atoms with van der Waals surface area (Å²) in [5.41, 5.74) is -2.69. The lowest BCUT2D eigenvalue weighted by Gasteiger charge is -2.50. The molecule has 0 bridgehead atoms. The van der Waals surface area contributed by atoms with E-state index in [9.17, 15) is 57.7 Å².